The Balaban J connectivity index is 0.00000240. The molecule has 0 aromatic heterocycles. The van der Waals surface area contributed by atoms with E-state index in [1.165, 1.54) is 11.1 Å². The summed E-state index contributed by atoms with van der Waals surface area (Å²) in [5, 5.41) is 0.532. The van der Waals surface area contributed by atoms with Crippen molar-refractivity contribution in [1.29, 1.82) is 0 Å². The minimum Gasteiger partial charge on any atom is -0.497 e. The maximum Gasteiger partial charge on any atom is 0.243 e. The van der Waals surface area contributed by atoms with Crippen molar-refractivity contribution in [3.63, 3.8) is 0 Å². The molecule has 0 aliphatic carbocycles. The average molecular weight is 457 g/mol. The van der Waals surface area contributed by atoms with Crippen LogP contribution in [0.5, 0.6) is 5.75 Å². The fraction of sp³-hybridized carbons (Fsp3) is 0.429. The Morgan fingerprint density at radius 2 is 1.86 bits per heavy atom. The molecule has 1 fully saturated rings. The minimum absolute atomic E-state index is 0. The van der Waals surface area contributed by atoms with E-state index in [9.17, 15) is 8.42 Å². The average Bonchev–Trinajstić information content (AvgIpc) is 2.72. The summed E-state index contributed by atoms with van der Waals surface area (Å²) in [6, 6.07) is 12.9. The first kappa shape index (κ1) is 22.4. The lowest BCUT2D eigenvalue weighted by Crippen LogP contribution is -2.48. The maximum absolute atomic E-state index is 13.1. The van der Waals surface area contributed by atoms with Gasteiger partial charge in [-0.1, -0.05) is 17.7 Å². The van der Waals surface area contributed by atoms with E-state index in [2.05, 4.69) is 17.0 Å². The molecule has 2 heterocycles. The SMILES string of the molecule is COc1ccc2c(c1)CCN1CCC(N(C)S(=O)(=O)c3ccc(Cl)cc3)CC21.Cl. The van der Waals surface area contributed by atoms with Crippen LogP contribution in [0.15, 0.2) is 47.4 Å². The second kappa shape index (κ2) is 8.82. The van der Waals surface area contributed by atoms with E-state index >= 15 is 0 Å². The highest BCUT2D eigenvalue weighted by atomic mass is 35.5. The molecule has 2 aliphatic heterocycles. The number of halogens is 2. The number of sulfonamides is 1. The van der Waals surface area contributed by atoms with E-state index in [0.717, 1.165) is 38.1 Å². The topological polar surface area (TPSA) is 49.9 Å². The first-order valence-corrected chi connectivity index (χ1v) is 11.4. The van der Waals surface area contributed by atoms with Gasteiger partial charge in [0.15, 0.2) is 0 Å². The van der Waals surface area contributed by atoms with Crippen molar-refractivity contribution >= 4 is 34.0 Å². The summed E-state index contributed by atoms with van der Waals surface area (Å²) in [4.78, 5) is 2.77. The molecular formula is C21H26Cl2N2O3S. The van der Waals surface area contributed by atoms with Gasteiger partial charge < -0.3 is 4.74 Å². The summed E-state index contributed by atoms with van der Waals surface area (Å²) < 4.78 is 33.1. The maximum atomic E-state index is 13.1. The molecule has 2 unspecified atom stereocenters. The number of ether oxygens (including phenoxy) is 1. The first-order valence-electron chi connectivity index (χ1n) is 9.54. The van der Waals surface area contributed by atoms with Crippen molar-refractivity contribution in [2.24, 2.45) is 0 Å². The minimum atomic E-state index is -3.55. The molecule has 0 N–H and O–H groups in total. The highest BCUT2D eigenvalue weighted by Gasteiger charge is 2.38. The Labute approximate surface area is 184 Å². The van der Waals surface area contributed by atoms with Crippen molar-refractivity contribution in [2.45, 2.75) is 36.2 Å². The number of nitrogens with zero attached hydrogens (tertiary/aromatic N) is 2. The van der Waals surface area contributed by atoms with Gasteiger partial charge >= 0.3 is 0 Å². The highest BCUT2D eigenvalue weighted by molar-refractivity contribution is 7.89. The van der Waals surface area contributed by atoms with Gasteiger partial charge in [0.2, 0.25) is 10.0 Å². The van der Waals surface area contributed by atoms with E-state index in [4.69, 9.17) is 16.3 Å². The van der Waals surface area contributed by atoms with Crippen molar-refractivity contribution in [2.75, 3.05) is 27.2 Å². The van der Waals surface area contributed by atoms with Crippen LogP contribution in [0.25, 0.3) is 0 Å². The largest absolute Gasteiger partial charge is 0.497 e. The molecule has 0 bridgehead atoms. The molecule has 0 saturated carbocycles. The van der Waals surface area contributed by atoms with Crippen LogP contribution in [-0.2, 0) is 16.4 Å². The molecule has 1 saturated heterocycles. The molecule has 2 atom stereocenters. The van der Waals surface area contributed by atoms with Crippen LogP contribution in [0.3, 0.4) is 0 Å². The number of fused-ring (bicyclic) bond motifs is 3. The van der Waals surface area contributed by atoms with Gasteiger partial charge in [-0.05, 0) is 66.8 Å². The summed E-state index contributed by atoms with van der Waals surface area (Å²) >= 11 is 5.91. The predicted molar refractivity (Wildman–Crippen MR) is 118 cm³/mol. The summed E-state index contributed by atoms with van der Waals surface area (Å²) in [7, 11) is -0.164. The van der Waals surface area contributed by atoms with Gasteiger partial charge in [-0.2, -0.15) is 4.31 Å². The summed E-state index contributed by atoms with van der Waals surface area (Å²) in [5.74, 6) is 0.877. The van der Waals surface area contributed by atoms with Crippen LogP contribution in [-0.4, -0.2) is 50.9 Å². The third kappa shape index (κ3) is 4.28. The summed E-state index contributed by atoms with van der Waals surface area (Å²) in [6.45, 7) is 1.91. The standard InChI is InChI=1S/C21H25ClN2O3S.ClH/c1-23(28(25,26)19-6-3-16(22)4-7-19)17-10-12-24-11-9-15-13-18(27-2)5-8-20(15)21(24)14-17;/h3-8,13,17,21H,9-12,14H2,1-2H3;1H. The lowest BCUT2D eigenvalue weighted by atomic mass is 9.85. The van der Waals surface area contributed by atoms with Gasteiger partial charge in [-0.15, -0.1) is 12.4 Å². The second-order valence-electron chi connectivity index (χ2n) is 7.52. The Morgan fingerprint density at radius 3 is 2.55 bits per heavy atom. The zero-order valence-corrected chi connectivity index (χ0v) is 18.9. The zero-order chi connectivity index (χ0) is 19.9. The lowest BCUT2D eigenvalue weighted by molar-refractivity contribution is 0.0968. The summed E-state index contributed by atoms with van der Waals surface area (Å²) in [6.07, 6.45) is 2.64. The van der Waals surface area contributed by atoms with E-state index in [0.29, 0.717) is 5.02 Å². The number of hydrogen-bond donors (Lipinski definition) is 0. The van der Waals surface area contributed by atoms with Crippen LogP contribution >= 0.6 is 24.0 Å². The van der Waals surface area contributed by atoms with Crippen LogP contribution in [0.2, 0.25) is 5.02 Å². The van der Waals surface area contributed by atoms with Crippen molar-refractivity contribution < 1.29 is 13.2 Å². The number of hydrogen-bond acceptors (Lipinski definition) is 4. The normalized spacial score (nSPS) is 21.8. The van der Waals surface area contributed by atoms with Crippen LogP contribution in [0, 0.1) is 0 Å². The molecule has 5 nitrogen and oxygen atoms in total. The molecule has 29 heavy (non-hydrogen) atoms. The molecule has 158 valence electrons. The van der Waals surface area contributed by atoms with Crippen molar-refractivity contribution in [3.8, 4) is 5.75 Å². The Bertz CT molecular complexity index is 966. The lowest BCUT2D eigenvalue weighted by Gasteiger charge is -2.45. The molecule has 4 rings (SSSR count). The third-order valence-corrected chi connectivity index (χ3v) is 8.24. The Kier molecular flexibility index (Phi) is 6.81. The van der Waals surface area contributed by atoms with E-state index < -0.39 is 10.0 Å². The Hall–Kier alpha value is -1.31. The van der Waals surface area contributed by atoms with E-state index in [-0.39, 0.29) is 29.4 Å². The van der Waals surface area contributed by atoms with Crippen molar-refractivity contribution in [3.05, 3.63) is 58.6 Å². The Morgan fingerprint density at radius 1 is 1.14 bits per heavy atom. The van der Waals surface area contributed by atoms with Crippen LogP contribution in [0.4, 0.5) is 0 Å². The zero-order valence-electron chi connectivity index (χ0n) is 16.5. The molecule has 0 amide bonds. The fourth-order valence-corrected chi connectivity index (χ4v) is 5.92. The van der Waals surface area contributed by atoms with Gasteiger partial charge in [0, 0.05) is 37.2 Å². The van der Waals surface area contributed by atoms with Crippen LogP contribution in [0.1, 0.15) is 30.0 Å². The van der Waals surface area contributed by atoms with Gasteiger partial charge in [-0.25, -0.2) is 8.42 Å². The molecule has 8 heteroatoms. The smallest absolute Gasteiger partial charge is 0.243 e. The van der Waals surface area contributed by atoms with Gasteiger partial charge in [0.1, 0.15) is 5.75 Å². The van der Waals surface area contributed by atoms with Gasteiger partial charge in [-0.3, -0.25) is 4.90 Å². The van der Waals surface area contributed by atoms with Crippen LogP contribution < -0.4 is 4.74 Å². The third-order valence-electron chi connectivity index (χ3n) is 6.07. The predicted octanol–water partition coefficient (Wildman–Crippen LogP) is 4.15. The van der Waals surface area contributed by atoms with Crippen molar-refractivity contribution in [1.82, 2.24) is 9.21 Å². The summed E-state index contributed by atoms with van der Waals surface area (Å²) in [5.41, 5.74) is 2.61. The number of rotatable bonds is 4. The molecule has 0 radical (unpaired) electrons. The highest BCUT2D eigenvalue weighted by Crippen LogP contribution is 2.39. The molecule has 2 aromatic rings. The molecular weight excluding hydrogens is 431 g/mol. The van der Waals surface area contributed by atoms with E-state index in [1.54, 1.807) is 42.7 Å². The molecule has 2 aliphatic rings. The number of methoxy groups -OCH3 is 1. The van der Waals surface area contributed by atoms with Gasteiger partial charge in [0.05, 0.1) is 12.0 Å². The van der Waals surface area contributed by atoms with Gasteiger partial charge in [0.25, 0.3) is 0 Å². The number of benzene rings is 2. The number of piperidine rings is 1. The molecule has 0 spiro atoms. The monoisotopic (exact) mass is 456 g/mol. The van der Waals surface area contributed by atoms with E-state index in [1.807, 2.05) is 6.07 Å². The molecule has 2 aromatic carbocycles. The second-order valence-corrected chi connectivity index (χ2v) is 9.95. The fourth-order valence-electron chi connectivity index (χ4n) is 4.40. The first-order chi connectivity index (χ1) is 13.4. The quantitative estimate of drug-likeness (QED) is 0.692.